The fraction of sp³-hybridized carbons (Fsp3) is 0.190. The van der Waals surface area contributed by atoms with Gasteiger partial charge in [-0.1, -0.05) is 42.5 Å². The summed E-state index contributed by atoms with van der Waals surface area (Å²) in [5, 5.41) is 0.240. The molecular weight excluding hydrogens is 392 g/mol. The van der Waals surface area contributed by atoms with E-state index in [1.807, 2.05) is 30.3 Å². The molecule has 0 aromatic heterocycles. The van der Waals surface area contributed by atoms with E-state index in [2.05, 4.69) is 0 Å². The van der Waals surface area contributed by atoms with E-state index in [-0.39, 0.29) is 19.1 Å². The predicted molar refractivity (Wildman–Crippen MR) is 108 cm³/mol. The van der Waals surface area contributed by atoms with Crippen LogP contribution in [-0.4, -0.2) is 46.4 Å². The summed E-state index contributed by atoms with van der Waals surface area (Å²) in [5.74, 6) is -0.149. The minimum atomic E-state index is -0.511. The van der Waals surface area contributed by atoms with Gasteiger partial charge in [-0.3, -0.25) is 19.2 Å². The van der Waals surface area contributed by atoms with Crippen molar-refractivity contribution in [2.45, 2.75) is 13.2 Å². The van der Waals surface area contributed by atoms with Crippen LogP contribution in [0.1, 0.15) is 22.8 Å². The maximum Gasteiger partial charge on any atom is 0.317 e. The van der Waals surface area contributed by atoms with Gasteiger partial charge in [-0.05, 0) is 42.5 Å². The van der Waals surface area contributed by atoms with Crippen molar-refractivity contribution in [3.05, 3.63) is 70.6 Å². The van der Waals surface area contributed by atoms with Crippen molar-refractivity contribution in [3.8, 4) is 5.75 Å². The lowest BCUT2D eigenvalue weighted by Crippen LogP contribution is -2.47. The van der Waals surface area contributed by atoms with Crippen molar-refractivity contribution in [3.63, 3.8) is 0 Å². The minimum Gasteiger partial charge on any atom is -0.470 e. The van der Waals surface area contributed by atoms with Crippen molar-refractivity contribution in [2.24, 2.45) is 0 Å². The summed E-state index contributed by atoms with van der Waals surface area (Å²) in [6.45, 7) is 1.92. The third-order valence-corrected chi connectivity index (χ3v) is 5.38. The molecule has 1 saturated heterocycles. The number of amides is 3. The largest absolute Gasteiger partial charge is 0.470 e. The number of imide groups is 1. The van der Waals surface area contributed by atoms with E-state index in [0.717, 1.165) is 22.4 Å². The number of hydrogen-bond acceptors (Lipinski definition) is 6. The Balaban J connectivity index is 1.38. The number of benzene rings is 2. The number of carbonyl (C=O) groups is 3. The van der Waals surface area contributed by atoms with Crippen LogP contribution in [0.4, 0.5) is 4.79 Å². The number of fused-ring (bicyclic) bond motifs is 1. The summed E-state index contributed by atoms with van der Waals surface area (Å²) >= 11 is 0.823. The van der Waals surface area contributed by atoms with Crippen LogP contribution < -0.4 is 4.74 Å². The Kier molecular flexibility index (Phi) is 5.37. The zero-order valence-corrected chi connectivity index (χ0v) is 16.4. The van der Waals surface area contributed by atoms with E-state index in [9.17, 15) is 14.4 Å². The third-order valence-electron chi connectivity index (χ3n) is 4.52. The molecule has 2 aliphatic heterocycles. The van der Waals surface area contributed by atoms with Crippen molar-refractivity contribution in [1.82, 2.24) is 9.96 Å². The molecule has 8 heteroatoms. The number of hydrogen-bond donors (Lipinski definition) is 0. The molecule has 0 radical (unpaired) electrons. The molecule has 0 N–H and O–H groups in total. The molecule has 1 atom stereocenters. The quantitative estimate of drug-likeness (QED) is 0.702. The summed E-state index contributed by atoms with van der Waals surface area (Å²) in [7, 11) is 0. The van der Waals surface area contributed by atoms with E-state index in [1.165, 1.54) is 4.90 Å². The second-order valence-electron chi connectivity index (χ2n) is 6.43. The van der Waals surface area contributed by atoms with Gasteiger partial charge in [0.05, 0.1) is 23.6 Å². The van der Waals surface area contributed by atoms with Crippen molar-refractivity contribution in [1.29, 1.82) is 0 Å². The number of ether oxygens (including phenoxy) is 1. The average molecular weight is 410 g/mol. The molecule has 4 rings (SSSR count). The van der Waals surface area contributed by atoms with Gasteiger partial charge in [0.1, 0.15) is 5.75 Å². The topological polar surface area (TPSA) is 76.2 Å². The fourth-order valence-electron chi connectivity index (χ4n) is 3.09. The Morgan fingerprint density at radius 1 is 1.03 bits per heavy atom. The van der Waals surface area contributed by atoms with Gasteiger partial charge in [-0.15, -0.1) is 5.06 Å². The highest BCUT2D eigenvalue weighted by molar-refractivity contribution is 8.18. The number of carbonyl (C=O) groups excluding carboxylic acids is 3. The third kappa shape index (κ3) is 3.90. The summed E-state index contributed by atoms with van der Waals surface area (Å²) < 4.78 is 5.75. The van der Waals surface area contributed by atoms with Gasteiger partial charge >= 0.3 is 5.24 Å². The monoisotopic (exact) mass is 410 g/mol. The smallest absolute Gasteiger partial charge is 0.317 e. The molecule has 0 bridgehead atoms. The van der Waals surface area contributed by atoms with Gasteiger partial charge in [0.15, 0.2) is 6.23 Å². The Bertz CT molecular complexity index is 992. The fourth-order valence-corrected chi connectivity index (χ4v) is 3.86. The standard InChI is InChI=1S/C21H18N2O5S/c1-14-22(19(24)16-9-5-6-10-17(16)28-14)11-12-27-23-20(25)18(29-21(23)26)13-15-7-3-2-4-8-15/h2-10,13-14H,11-12H2,1H3. The summed E-state index contributed by atoms with van der Waals surface area (Å²) in [6.07, 6.45) is 1.17. The highest BCUT2D eigenvalue weighted by Gasteiger charge is 2.37. The van der Waals surface area contributed by atoms with Crippen LogP contribution in [0, 0.1) is 0 Å². The van der Waals surface area contributed by atoms with Crippen molar-refractivity contribution >= 4 is 34.9 Å². The first-order valence-electron chi connectivity index (χ1n) is 9.07. The van der Waals surface area contributed by atoms with Crippen molar-refractivity contribution in [2.75, 3.05) is 13.2 Å². The SMILES string of the molecule is CC1Oc2ccccc2C(=O)N1CCON1C(=O)SC(=Cc2ccccc2)C1=O. The van der Waals surface area contributed by atoms with Crippen LogP contribution in [0.15, 0.2) is 59.5 Å². The van der Waals surface area contributed by atoms with Gasteiger partial charge in [0.25, 0.3) is 11.8 Å². The average Bonchev–Trinajstić information content (AvgIpc) is 2.98. The van der Waals surface area contributed by atoms with Gasteiger partial charge < -0.3 is 9.64 Å². The van der Waals surface area contributed by atoms with Gasteiger partial charge in [0.2, 0.25) is 0 Å². The molecule has 0 saturated carbocycles. The molecule has 2 heterocycles. The van der Waals surface area contributed by atoms with Gasteiger partial charge in [0, 0.05) is 0 Å². The lowest BCUT2D eigenvalue weighted by molar-refractivity contribution is -0.161. The molecule has 7 nitrogen and oxygen atoms in total. The number of rotatable bonds is 5. The Morgan fingerprint density at radius 3 is 2.55 bits per heavy atom. The Labute approximate surface area is 171 Å². The van der Waals surface area contributed by atoms with Crippen LogP contribution in [0.3, 0.4) is 0 Å². The lowest BCUT2D eigenvalue weighted by atomic mass is 10.1. The first-order chi connectivity index (χ1) is 14.0. The molecule has 0 aliphatic carbocycles. The van der Waals surface area contributed by atoms with E-state index in [1.54, 1.807) is 37.3 Å². The van der Waals surface area contributed by atoms with Crippen LogP contribution >= 0.6 is 11.8 Å². The highest BCUT2D eigenvalue weighted by Crippen LogP contribution is 2.32. The first kappa shape index (κ1) is 19.2. The van der Waals surface area contributed by atoms with Crippen LogP contribution in [0.5, 0.6) is 5.75 Å². The maximum atomic E-state index is 12.7. The normalized spacial score (nSPS) is 20.2. The van der Waals surface area contributed by atoms with Crippen LogP contribution in [0.2, 0.25) is 0 Å². The number of para-hydroxylation sites is 1. The zero-order valence-electron chi connectivity index (χ0n) is 15.6. The molecule has 29 heavy (non-hydrogen) atoms. The summed E-state index contributed by atoms with van der Waals surface area (Å²) in [4.78, 5) is 44.5. The number of thioether (sulfide) groups is 1. The Hall–Kier alpha value is -3.10. The van der Waals surface area contributed by atoms with E-state index < -0.39 is 17.4 Å². The molecule has 1 fully saturated rings. The van der Waals surface area contributed by atoms with Gasteiger partial charge in [-0.2, -0.15) is 0 Å². The second-order valence-corrected chi connectivity index (χ2v) is 7.43. The van der Waals surface area contributed by atoms with Crippen LogP contribution in [0.25, 0.3) is 6.08 Å². The number of nitrogens with zero attached hydrogens (tertiary/aromatic N) is 2. The van der Waals surface area contributed by atoms with E-state index in [4.69, 9.17) is 9.57 Å². The van der Waals surface area contributed by atoms with E-state index >= 15 is 0 Å². The molecular formula is C21H18N2O5S. The molecule has 2 aliphatic rings. The second kappa shape index (κ2) is 8.10. The Morgan fingerprint density at radius 2 is 1.76 bits per heavy atom. The molecule has 0 spiro atoms. The highest BCUT2D eigenvalue weighted by atomic mass is 32.2. The zero-order chi connectivity index (χ0) is 20.4. The van der Waals surface area contributed by atoms with Gasteiger partial charge in [-0.25, -0.2) is 0 Å². The predicted octanol–water partition coefficient (Wildman–Crippen LogP) is 3.54. The molecule has 3 amide bonds. The van der Waals surface area contributed by atoms with Crippen LogP contribution in [-0.2, 0) is 9.63 Å². The molecule has 2 aromatic carbocycles. The maximum absolute atomic E-state index is 12.7. The minimum absolute atomic E-state index is 0.0156. The number of hydroxylamine groups is 2. The molecule has 2 aromatic rings. The van der Waals surface area contributed by atoms with E-state index in [0.29, 0.717) is 16.2 Å². The molecule has 148 valence electrons. The summed E-state index contributed by atoms with van der Waals surface area (Å²) in [5.41, 5.74) is 1.30. The van der Waals surface area contributed by atoms with Crippen molar-refractivity contribution < 1.29 is 24.0 Å². The lowest BCUT2D eigenvalue weighted by Gasteiger charge is -2.34. The summed E-state index contributed by atoms with van der Waals surface area (Å²) in [6, 6.07) is 16.3. The first-order valence-corrected chi connectivity index (χ1v) is 9.89. The molecule has 1 unspecified atom stereocenters.